The lowest BCUT2D eigenvalue weighted by Crippen LogP contribution is -2.47. The quantitative estimate of drug-likeness (QED) is 0.622. The van der Waals surface area contributed by atoms with E-state index < -0.39 is 11.4 Å². The van der Waals surface area contributed by atoms with Crippen LogP contribution in [-0.2, 0) is 4.79 Å². The lowest BCUT2D eigenvalue weighted by atomic mass is 10.00. The van der Waals surface area contributed by atoms with Crippen LogP contribution in [0.4, 0.5) is 0 Å². The Labute approximate surface area is 154 Å². The van der Waals surface area contributed by atoms with E-state index in [1.165, 1.54) is 0 Å². The molecule has 0 unspecified atom stereocenters. The van der Waals surface area contributed by atoms with E-state index in [1.807, 2.05) is 43.3 Å². The summed E-state index contributed by atoms with van der Waals surface area (Å²) in [5, 5.41) is 5.51. The summed E-state index contributed by atoms with van der Waals surface area (Å²) in [5.41, 5.74) is 0.615. The zero-order valence-corrected chi connectivity index (χ0v) is 15.0. The van der Waals surface area contributed by atoms with Gasteiger partial charge in [-0.25, -0.2) is 0 Å². The summed E-state index contributed by atoms with van der Waals surface area (Å²) in [7, 11) is 0. The molecule has 0 saturated heterocycles. The second-order valence-corrected chi connectivity index (χ2v) is 6.07. The monoisotopic (exact) mass is 346 g/mol. The third-order valence-corrected chi connectivity index (χ3v) is 4.05. The topological polar surface area (TPSA) is 58.2 Å². The molecule has 2 aromatic carbocycles. The molecule has 0 bridgehead atoms. The minimum Gasteiger partial charge on any atom is -0.335 e. The van der Waals surface area contributed by atoms with Crippen LogP contribution >= 0.6 is 0 Å². The van der Waals surface area contributed by atoms with E-state index >= 15 is 0 Å². The molecular weight excluding hydrogens is 324 g/mol. The first-order valence-corrected chi connectivity index (χ1v) is 8.41. The molecule has 0 spiro atoms. The Morgan fingerprint density at radius 2 is 1.65 bits per heavy atom. The molecular formula is C22H22N2O2. The second kappa shape index (κ2) is 8.68. The molecule has 2 aromatic rings. The summed E-state index contributed by atoms with van der Waals surface area (Å²) in [6.45, 7) is 3.66. The van der Waals surface area contributed by atoms with Crippen LogP contribution in [0.25, 0.3) is 6.08 Å². The summed E-state index contributed by atoms with van der Waals surface area (Å²) in [5.74, 6) is 1.80. The van der Waals surface area contributed by atoms with Gasteiger partial charge >= 0.3 is 0 Å². The van der Waals surface area contributed by atoms with Gasteiger partial charge in [-0.2, -0.15) is 0 Å². The van der Waals surface area contributed by atoms with Crippen molar-refractivity contribution in [2.75, 3.05) is 0 Å². The van der Waals surface area contributed by atoms with Crippen LogP contribution in [0.5, 0.6) is 0 Å². The van der Waals surface area contributed by atoms with Gasteiger partial charge in [-0.15, -0.1) is 6.42 Å². The highest BCUT2D eigenvalue weighted by molar-refractivity contribution is 6.05. The van der Waals surface area contributed by atoms with E-state index in [4.69, 9.17) is 6.42 Å². The molecule has 0 saturated carbocycles. The van der Waals surface area contributed by atoms with Gasteiger partial charge in [0.15, 0.2) is 0 Å². The van der Waals surface area contributed by atoms with Crippen molar-refractivity contribution < 1.29 is 9.59 Å². The highest BCUT2D eigenvalue weighted by Gasteiger charge is 2.24. The van der Waals surface area contributed by atoms with E-state index in [-0.39, 0.29) is 11.6 Å². The standard InChI is InChI=1S/C22H22N2O2/c1-4-22(3,5-2)24-21(26)19(16-17-12-8-6-9-13-17)23-20(25)18-14-10-7-11-15-18/h1,6-16H,5H2,2-3H3,(H,23,25)(H,24,26)/b19-16-/t22-/m0/s1. The van der Waals surface area contributed by atoms with Crippen molar-refractivity contribution in [2.24, 2.45) is 0 Å². The van der Waals surface area contributed by atoms with Crippen molar-refractivity contribution in [3.05, 3.63) is 77.5 Å². The molecule has 26 heavy (non-hydrogen) atoms. The molecule has 0 aromatic heterocycles. The predicted octanol–water partition coefficient (Wildman–Crippen LogP) is 3.38. The Bertz CT molecular complexity index is 835. The first-order valence-electron chi connectivity index (χ1n) is 8.41. The van der Waals surface area contributed by atoms with Gasteiger partial charge in [0.1, 0.15) is 5.70 Å². The van der Waals surface area contributed by atoms with Gasteiger partial charge in [0, 0.05) is 5.56 Å². The van der Waals surface area contributed by atoms with Crippen LogP contribution in [0, 0.1) is 12.3 Å². The number of terminal acetylenes is 1. The second-order valence-electron chi connectivity index (χ2n) is 6.07. The van der Waals surface area contributed by atoms with Crippen LogP contribution in [0.15, 0.2) is 66.4 Å². The highest BCUT2D eigenvalue weighted by atomic mass is 16.2. The maximum atomic E-state index is 12.8. The Hall–Kier alpha value is -3.32. The molecule has 2 amide bonds. The largest absolute Gasteiger partial charge is 0.335 e. The Kier molecular flexibility index (Phi) is 6.35. The molecule has 132 valence electrons. The van der Waals surface area contributed by atoms with E-state index in [1.54, 1.807) is 37.3 Å². The number of carbonyl (C=O) groups is 2. The van der Waals surface area contributed by atoms with Gasteiger partial charge in [0.2, 0.25) is 0 Å². The molecule has 0 aliphatic heterocycles. The smallest absolute Gasteiger partial charge is 0.268 e. The van der Waals surface area contributed by atoms with Crippen molar-refractivity contribution >= 4 is 17.9 Å². The highest BCUT2D eigenvalue weighted by Crippen LogP contribution is 2.11. The lowest BCUT2D eigenvalue weighted by Gasteiger charge is -2.24. The van der Waals surface area contributed by atoms with Crippen LogP contribution in [0.3, 0.4) is 0 Å². The zero-order valence-electron chi connectivity index (χ0n) is 15.0. The van der Waals surface area contributed by atoms with Crippen molar-refractivity contribution in [2.45, 2.75) is 25.8 Å². The van der Waals surface area contributed by atoms with E-state index in [0.717, 1.165) is 5.56 Å². The van der Waals surface area contributed by atoms with Gasteiger partial charge in [-0.1, -0.05) is 61.4 Å². The van der Waals surface area contributed by atoms with Gasteiger partial charge < -0.3 is 10.6 Å². The van der Waals surface area contributed by atoms with E-state index in [0.29, 0.717) is 12.0 Å². The van der Waals surface area contributed by atoms with Crippen molar-refractivity contribution in [3.8, 4) is 12.3 Å². The summed E-state index contributed by atoms with van der Waals surface area (Å²) in [6.07, 6.45) is 7.74. The number of hydrogen-bond donors (Lipinski definition) is 2. The predicted molar refractivity (Wildman–Crippen MR) is 104 cm³/mol. The first-order chi connectivity index (χ1) is 12.5. The number of carbonyl (C=O) groups excluding carboxylic acids is 2. The molecule has 0 fully saturated rings. The molecule has 4 heteroatoms. The van der Waals surface area contributed by atoms with Crippen molar-refractivity contribution in [1.29, 1.82) is 0 Å². The van der Waals surface area contributed by atoms with Crippen LogP contribution in [0.1, 0.15) is 36.2 Å². The number of amides is 2. The third kappa shape index (κ3) is 5.09. The molecule has 2 N–H and O–H groups in total. The third-order valence-electron chi connectivity index (χ3n) is 4.05. The Morgan fingerprint density at radius 1 is 1.08 bits per heavy atom. The summed E-state index contributed by atoms with van der Waals surface area (Å²) in [6, 6.07) is 18.0. The summed E-state index contributed by atoms with van der Waals surface area (Å²) < 4.78 is 0. The average molecular weight is 346 g/mol. The normalized spacial score (nSPS) is 13.2. The fourth-order valence-electron chi connectivity index (χ4n) is 2.20. The van der Waals surface area contributed by atoms with Crippen LogP contribution < -0.4 is 10.6 Å². The number of benzene rings is 2. The molecule has 2 rings (SSSR count). The molecule has 0 aliphatic carbocycles. The lowest BCUT2D eigenvalue weighted by molar-refractivity contribution is -0.118. The average Bonchev–Trinajstić information content (AvgIpc) is 2.68. The van der Waals surface area contributed by atoms with Crippen LogP contribution in [-0.4, -0.2) is 17.4 Å². The van der Waals surface area contributed by atoms with Crippen molar-refractivity contribution in [3.63, 3.8) is 0 Å². The summed E-state index contributed by atoms with van der Waals surface area (Å²) in [4.78, 5) is 25.2. The minimum absolute atomic E-state index is 0.139. The zero-order chi connectivity index (χ0) is 19.0. The number of nitrogens with one attached hydrogen (secondary N) is 2. The van der Waals surface area contributed by atoms with E-state index in [9.17, 15) is 9.59 Å². The maximum Gasteiger partial charge on any atom is 0.268 e. The van der Waals surface area contributed by atoms with Gasteiger partial charge in [0.05, 0.1) is 5.54 Å². The van der Waals surface area contributed by atoms with Gasteiger partial charge in [-0.3, -0.25) is 9.59 Å². The molecule has 4 nitrogen and oxygen atoms in total. The van der Waals surface area contributed by atoms with Crippen molar-refractivity contribution in [1.82, 2.24) is 10.6 Å². The molecule has 0 heterocycles. The fourth-order valence-corrected chi connectivity index (χ4v) is 2.20. The summed E-state index contributed by atoms with van der Waals surface area (Å²) >= 11 is 0. The molecule has 0 radical (unpaired) electrons. The maximum absolute atomic E-state index is 12.8. The minimum atomic E-state index is -0.787. The first kappa shape index (κ1) is 19.0. The Balaban J connectivity index is 2.31. The molecule has 1 atom stereocenters. The Morgan fingerprint density at radius 3 is 2.19 bits per heavy atom. The van der Waals surface area contributed by atoms with Gasteiger partial charge in [0.25, 0.3) is 11.8 Å². The SMILES string of the molecule is C#C[C@@](C)(CC)NC(=O)/C(=C/c1ccccc1)NC(=O)c1ccccc1. The van der Waals surface area contributed by atoms with Crippen LogP contribution in [0.2, 0.25) is 0 Å². The molecule has 0 aliphatic rings. The number of hydrogen-bond acceptors (Lipinski definition) is 2. The number of rotatable bonds is 6. The van der Waals surface area contributed by atoms with Gasteiger partial charge in [-0.05, 0) is 37.1 Å². The fraction of sp³-hybridized carbons (Fsp3) is 0.182. The van der Waals surface area contributed by atoms with E-state index in [2.05, 4.69) is 16.6 Å².